The first-order valence-electron chi connectivity index (χ1n) is 4.94. The van der Waals surface area contributed by atoms with Gasteiger partial charge in [0.2, 0.25) is 0 Å². The second kappa shape index (κ2) is 4.22. The van der Waals surface area contributed by atoms with Crippen LogP contribution < -0.4 is 0 Å². The molecular formula is C11H11ClFN3. The average Bonchev–Trinajstić information content (AvgIpc) is 2.66. The highest BCUT2D eigenvalue weighted by Crippen LogP contribution is 2.28. The molecule has 0 aliphatic heterocycles. The Morgan fingerprint density at radius 3 is 2.75 bits per heavy atom. The fourth-order valence-electron chi connectivity index (χ4n) is 1.48. The van der Waals surface area contributed by atoms with E-state index in [-0.39, 0.29) is 11.9 Å². The standard InChI is InChI=1S/C11H11ClFN3/c1-7(2)16-6-14-15-11(16)9-4-3-8(13)5-10(9)12/h3-7H,1-2H3. The molecule has 0 saturated carbocycles. The molecule has 0 saturated heterocycles. The SMILES string of the molecule is CC(C)n1cnnc1-c1ccc(F)cc1Cl. The van der Waals surface area contributed by atoms with E-state index in [9.17, 15) is 4.39 Å². The van der Waals surface area contributed by atoms with Gasteiger partial charge in [0.25, 0.3) is 0 Å². The fraction of sp³-hybridized carbons (Fsp3) is 0.273. The van der Waals surface area contributed by atoms with Crippen molar-refractivity contribution >= 4 is 11.6 Å². The van der Waals surface area contributed by atoms with E-state index in [0.717, 1.165) is 0 Å². The summed E-state index contributed by atoms with van der Waals surface area (Å²) in [5.41, 5.74) is 0.689. The van der Waals surface area contributed by atoms with E-state index in [0.29, 0.717) is 16.4 Å². The maximum absolute atomic E-state index is 12.9. The zero-order valence-electron chi connectivity index (χ0n) is 8.98. The zero-order valence-corrected chi connectivity index (χ0v) is 9.74. The molecular weight excluding hydrogens is 229 g/mol. The molecule has 0 amide bonds. The van der Waals surface area contributed by atoms with Gasteiger partial charge in [0.1, 0.15) is 12.1 Å². The van der Waals surface area contributed by atoms with Crippen LogP contribution in [-0.2, 0) is 0 Å². The van der Waals surface area contributed by atoms with Crippen molar-refractivity contribution in [3.05, 3.63) is 35.4 Å². The summed E-state index contributed by atoms with van der Waals surface area (Å²) in [4.78, 5) is 0. The minimum Gasteiger partial charge on any atom is -0.311 e. The van der Waals surface area contributed by atoms with Crippen LogP contribution in [0.1, 0.15) is 19.9 Å². The van der Waals surface area contributed by atoms with Gasteiger partial charge in [0.05, 0.1) is 5.02 Å². The lowest BCUT2D eigenvalue weighted by Crippen LogP contribution is -2.02. The molecule has 84 valence electrons. The van der Waals surface area contributed by atoms with E-state index in [4.69, 9.17) is 11.6 Å². The minimum atomic E-state index is -0.357. The third-order valence-corrected chi connectivity index (χ3v) is 2.61. The molecule has 1 aromatic carbocycles. The van der Waals surface area contributed by atoms with Gasteiger partial charge in [-0.05, 0) is 32.0 Å². The molecule has 0 N–H and O–H groups in total. The van der Waals surface area contributed by atoms with Crippen molar-refractivity contribution in [1.29, 1.82) is 0 Å². The highest BCUT2D eigenvalue weighted by Gasteiger charge is 2.13. The van der Waals surface area contributed by atoms with Gasteiger partial charge in [-0.3, -0.25) is 0 Å². The first-order valence-corrected chi connectivity index (χ1v) is 5.32. The number of hydrogen-bond acceptors (Lipinski definition) is 2. The molecule has 2 aromatic rings. The summed E-state index contributed by atoms with van der Waals surface area (Å²) in [5.74, 6) is 0.296. The Morgan fingerprint density at radius 1 is 1.38 bits per heavy atom. The van der Waals surface area contributed by atoms with E-state index in [1.54, 1.807) is 12.4 Å². The van der Waals surface area contributed by atoms with Crippen LogP contribution in [-0.4, -0.2) is 14.8 Å². The van der Waals surface area contributed by atoms with Crippen LogP contribution in [0.5, 0.6) is 0 Å². The van der Waals surface area contributed by atoms with Crippen molar-refractivity contribution in [2.24, 2.45) is 0 Å². The lowest BCUT2D eigenvalue weighted by Gasteiger charge is -2.10. The Morgan fingerprint density at radius 2 is 2.12 bits per heavy atom. The van der Waals surface area contributed by atoms with Gasteiger partial charge < -0.3 is 4.57 Å². The number of hydrogen-bond donors (Lipinski definition) is 0. The fourth-order valence-corrected chi connectivity index (χ4v) is 1.74. The summed E-state index contributed by atoms with van der Waals surface area (Å²) < 4.78 is 14.8. The van der Waals surface area contributed by atoms with E-state index in [1.807, 2.05) is 18.4 Å². The van der Waals surface area contributed by atoms with Gasteiger partial charge in [0, 0.05) is 11.6 Å². The molecule has 1 heterocycles. The van der Waals surface area contributed by atoms with Crippen molar-refractivity contribution in [2.75, 3.05) is 0 Å². The summed E-state index contributed by atoms with van der Waals surface area (Å²) in [6.45, 7) is 4.04. The van der Waals surface area contributed by atoms with Gasteiger partial charge in [0.15, 0.2) is 5.82 Å². The molecule has 5 heteroatoms. The zero-order chi connectivity index (χ0) is 11.7. The molecule has 1 aromatic heterocycles. The maximum Gasteiger partial charge on any atom is 0.165 e. The number of rotatable bonds is 2. The lowest BCUT2D eigenvalue weighted by atomic mass is 10.2. The second-order valence-electron chi connectivity index (χ2n) is 3.78. The molecule has 3 nitrogen and oxygen atoms in total. The molecule has 0 spiro atoms. The normalized spacial score (nSPS) is 11.1. The maximum atomic E-state index is 12.9. The van der Waals surface area contributed by atoms with Crippen LogP contribution in [0.2, 0.25) is 5.02 Å². The topological polar surface area (TPSA) is 30.7 Å². The Bertz CT molecular complexity index is 508. The third-order valence-electron chi connectivity index (χ3n) is 2.30. The van der Waals surface area contributed by atoms with Crippen molar-refractivity contribution in [3.63, 3.8) is 0 Å². The number of benzene rings is 1. The molecule has 0 aliphatic carbocycles. The number of halogens is 2. The van der Waals surface area contributed by atoms with E-state index in [1.165, 1.54) is 12.1 Å². The molecule has 2 rings (SSSR count). The highest BCUT2D eigenvalue weighted by molar-refractivity contribution is 6.33. The van der Waals surface area contributed by atoms with Crippen LogP contribution >= 0.6 is 11.6 Å². The summed E-state index contributed by atoms with van der Waals surface area (Å²) in [5, 5.41) is 8.19. The van der Waals surface area contributed by atoms with E-state index < -0.39 is 0 Å². The quantitative estimate of drug-likeness (QED) is 0.805. The van der Waals surface area contributed by atoms with Crippen molar-refractivity contribution in [2.45, 2.75) is 19.9 Å². The first-order chi connectivity index (χ1) is 7.59. The first kappa shape index (κ1) is 11.1. The van der Waals surface area contributed by atoms with Gasteiger partial charge in [-0.2, -0.15) is 0 Å². The Labute approximate surface area is 97.9 Å². The lowest BCUT2D eigenvalue weighted by molar-refractivity contribution is 0.603. The van der Waals surface area contributed by atoms with Crippen molar-refractivity contribution in [1.82, 2.24) is 14.8 Å². The van der Waals surface area contributed by atoms with Crippen LogP contribution in [0.4, 0.5) is 4.39 Å². The van der Waals surface area contributed by atoms with Crippen LogP contribution in [0, 0.1) is 5.82 Å². The number of aromatic nitrogens is 3. The summed E-state index contributed by atoms with van der Waals surface area (Å²) in [6, 6.07) is 4.48. The molecule has 0 bridgehead atoms. The Hall–Kier alpha value is -1.42. The summed E-state index contributed by atoms with van der Waals surface area (Å²) >= 11 is 5.98. The van der Waals surface area contributed by atoms with Gasteiger partial charge in [-0.1, -0.05) is 11.6 Å². The number of nitrogens with zero attached hydrogens (tertiary/aromatic N) is 3. The van der Waals surface area contributed by atoms with Crippen molar-refractivity contribution < 1.29 is 4.39 Å². The minimum absolute atomic E-state index is 0.228. The predicted molar refractivity (Wildman–Crippen MR) is 60.8 cm³/mol. The van der Waals surface area contributed by atoms with Crippen molar-refractivity contribution in [3.8, 4) is 11.4 Å². The predicted octanol–water partition coefficient (Wildman–Crippen LogP) is 3.32. The van der Waals surface area contributed by atoms with Gasteiger partial charge in [-0.15, -0.1) is 10.2 Å². The van der Waals surface area contributed by atoms with Crippen LogP contribution in [0.25, 0.3) is 11.4 Å². The highest BCUT2D eigenvalue weighted by atomic mass is 35.5. The largest absolute Gasteiger partial charge is 0.311 e. The molecule has 0 radical (unpaired) electrons. The monoisotopic (exact) mass is 239 g/mol. The third kappa shape index (κ3) is 1.93. The van der Waals surface area contributed by atoms with Crippen LogP contribution in [0.3, 0.4) is 0 Å². The summed E-state index contributed by atoms with van der Waals surface area (Å²) in [6.07, 6.45) is 1.64. The Balaban J connectivity index is 2.54. The smallest absolute Gasteiger partial charge is 0.165 e. The molecule has 0 atom stereocenters. The average molecular weight is 240 g/mol. The molecule has 0 aliphatic rings. The molecule has 16 heavy (non-hydrogen) atoms. The molecule has 0 fully saturated rings. The molecule has 0 unspecified atom stereocenters. The Kier molecular flexibility index (Phi) is 2.92. The summed E-state index contributed by atoms with van der Waals surface area (Å²) in [7, 11) is 0. The van der Waals surface area contributed by atoms with Gasteiger partial charge >= 0.3 is 0 Å². The van der Waals surface area contributed by atoms with Gasteiger partial charge in [-0.25, -0.2) is 4.39 Å². The van der Waals surface area contributed by atoms with Crippen LogP contribution in [0.15, 0.2) is 24.5 Å². The second-order valence-corrected chi connectivity index (χ2v) is 4.19. The van der Waals surface area contributed by atoms with E-state index >= 15 is 0 Å². The van der Waals surface area contributed by atoms with E-state index in [2.05, 4.69) is 10.2 Å².